The van der Waals surface area contributed by atoms with Crippen LogP contribution in [0.4, 0.5) is 5.69 Å². The van der Waals surface area contributed by atoms with E-state index in [4.69, 9.17) is 11.6 Å². The largest absolute Gasteiger partial charge is 0.342 e. The number of carbonyl (C=O) groups excluding carboxylic acids is 1. The molecule has 29 heavy (non-hydrogen) atoms. The summed E-state index contributed by atoms with van der Waals surface area (Å²) in [4.78, 5) is 12.6. The molecule has 0 saturated heterocycles. The van der Waals surface area contributed by atoms with Gasteiger partial charge in [0.1, 0.15) is 0 Å². The molecule has 142 valence electrons. The summed E-state index contributed by atoms with van der Waals surface area (Å²) in [5.41, 5.74) is 5.77. The van der Waals surface area contributed by atoms with Gasteiger partial charge in [0.05, 0.1) is 0 Å². The Balaban J connectivity index is 1.64. The summed E-state index contributed by atoms with van der Waals surface area (Å²) in [5.74, 6) is -0.0696. The first kappa shape index (κ1) is 18.2. The predicted molar refractivity (Wildman–Crippen MR) is 123 cm³/mol. The summed E-state index contributed by atoms with van der Waals surface area (Å²) in [5, 5.41) is 4.77. The van der Waals surface area contributed by atoms with E-state index < -0.39 is 0 Å². The molecular formula is C24H16BrClN2O. The standard InChI is InChI=1S/C24H16BrClN2O/c25-17-7-10-23-20(12-17)16(14-28(23)13-15-5-8-18(26)9-6-15)11-21-19-3-1-2-4-22(19)27-24(21)29/h1-12,14H,13H2,(H,27,29)/b21-11-. The number of hydrogen-bond acceptors (Lipinski definition) is 1. The highest BCUT2D eigenvalue weighted by Crippen LogP contribution is 2.35. The van der Waals surface area contributed by atoms with Crippen molar-refractivity contribution in [2.24, 2.45) is 0 Å². The minimum absolute atomic E-state index is 0.0696. The maximum absolute atomic E-state index is 12.6. The number of nitrogens with zero attached hydrogens (tertiary/aromatic N) is 1. The van der Waals surface area contributed by atoms with Gasteiger partial charge in [-0.1, -0.05) is 57.9 Å². The molecule has 0 unspecified atom stereocenters. The van der Waals surface area contributed by atoms with Gasteiger partial charge >= 0.3 is 0 Å². The minimum Gasteiger partial charge on any atom is -0.342 e. The zero-order valence-electron chi connectivity index (χ0n) is 15.3. The Hall–Kier alpha value is -2.82. The normalized spacial score (nSPS) is 14.4. The third-order valence-corrected chi connectivity index (χ3v) is 5.90. The van der Waals surface area contributed by atoms with Gasteiger partial charge in [0.25, 0.3) is 5.91 Å². The fourth-order valence-electron chi connectivity index (χ4n) is 3.77. The summed E-state index contributed by atoms with van der Waals surface area (Å²) in [6.07, 6.45) is 4.08. The van der Waals surface area contributed by atoms with E-state index in [2.05, 4.69) is 44.1 Å². The van der Waals surface area contributed by atoms with Crippen molar-refractivity contribution in [2.75, 3.05) is 5.32 Å². The Kier molecular flexibility index (Phi) is 4.53. The number of fused-ring (bicyclic) bond motifs is 2. The first-order valence-corrected chi connectivity index (χ1v) is 10.4. The highest BCUT2D eigenvalue weighted by molar-refractivity contribution is 9.10. The first-order valence-electron chi connectivity index (χ1n) is 9.24. The molecule has 0 saturated carbocycles. The summed E-state index contributed by atoms with van der Waals surface area (Å²) >= 11 is 9.60. The molecule has 0 radical (unpaired) electrons. The number of rotatable bonds is 3. The van der Waals surface area contributed by atoms with Gasteiger partial charge in [-0.3, -0.25) is 4.79 Å². The Morgan fingerprint density at radius 2 is 1.83 bits per heavy atom. The molecule has 0 spiro atoms. The zero-order valence-corrected chi connectivity index (χ0v) is 17.7. The molecule has 3 nitrogen and oxygen atoms in total. The smallest absolute Gasteiger partial charge is 0.256 e. The number of carbonyl (C=O) groups is 1. The molecule has 1 aliphatic rings. The Labute approximate surface area is 181 Å². The minimum atomic E-state index is -0.0696. The van der Waals surface area contributed by atoms with Gasteiger partial charge in [0.2, 0.25) is 0 Å². The lowest BCUT2D eigenvalue weighted by molar-refractivity contribution is -0.110. The fraction of sp³-hybridized carbons (Fsp3) is 0.0417. The van der Waals surface area contributed by atoms with Crippen LogP contribution in [-0.2, 0) is 11.3 Å². The topological polar surface area (TPSA) is 34.0 Å². The summed E-state index contributed by atoms with van der Waals surface area (Å²) in [7, 11) is 0. The monoisotopic (exact) mass is 462 g/mol. The molecule has 1 aromatic heterocycles. The van der Waals surface area contributed by atoms with E-state index in [9.17, 15) is 4.79 Å². The maximum Gasteiger partial charge on any atom is 0.256 e. The summed E-state index contributed by atoms with van der Waals surface area (Å²) in [6.45, 7) is 0.723. The third kappa shape index (κ3) is 3.39. The van der Waals surface area contributed by atoms with Crippen molar-refractivity contribution >= 4 is 61.7 Å². The average Bonchev–Trinajstić information content (AvgIpc) is 3.21. The van der Waals surface area contributed by atoms with Gasteiger partial charge < -0.3 is 9.88 Å². The second-order valence-electron chi connectivity index (χ2n) is 7.06. The Bertz CT molecular complexity index is 1290. The number of aromatic nitrogens is 1. The first-order chi connectivity index (χ1) is 14.1. The highest BCUT2D eigenvalue weighted by atomic mass is 79.9. The van der Waals surface area contributed by atoms with E-state index in [0.717, 1.165) is 49.3 Å². The molecule has 2 heterocycles. The van der Waals surface area contributed by atoms with Crippen LogP contribution in [0.3, 0.4) is 0 Å². The van der Waals surface area contributed by atoms with E-state index >= 15 is 0 Å². The van der Waals surface area contributed by atoms with Crippen molar-refractivity contribution in [3.63, 3.8) is 0 Å². The molecule has 1 N–H and O–H groups in total. The van der Waals surface area contributed by atoms with Crippen molar-refractivity contribution < 1.29 is 4.79 Å². The second kappa shape index (κ2) is 7.21. The average molecular weight is 464 g/mol. The Morgan fingerprint density at radius 1 is 1.03 bits per heavy atom. The van der Waals surface area contributed by atoms with Crippen LogP contribution in [0.5, 0.6) is 0 Å². The van der Waals surface area contributed by atoms with Crippen molar-refractivity contribution in [1.29, 1.82) is 0 Å². The lowest BCUT2D eigenvalue weighted by Gasteiger charge is -2.06. The number of halogens is 2. The van der Waals surface area contributed by atoms with Crippen LogP contribution in [0.2, 0.25) is 5.02 Å². The number of amides is 1. The van der Waals surface area contributed by atoms with E-state index in [1.54, 1.807) is 0 Å². The van der Waals surface area contributed by atoms with Gasteiger partial charge in [-0.05, 0) is 48.0 Å². The van der Waals surface area contributed by atoms with Crippen LogP contribution in [0, 0.1) is 0 Å². The number of para-hydroxylation sites is 1. The lowest BCUT2D eigenvalue weighted by Crippen LogP contribution is -2.03. The van der Waals surface area contributed by atoms with Crippen LogP contribution in [-0.4, -0.2) is 10.5 Å². The van der Waals surface area contributed by atoms with Crippen LogP contribution in [0.15, 0.2) is 77.4 Å². The van der Waals surface area contributed by atoms with Gasteiger partial charge in [0, 0.05) is 55.5 Å². The number of nitrogens with one attached hydrogen (secondary N) is 1. The van der Waals surface area contributed by atoms with Gasteiger partial charge in [-0.25, -0.2) is 0 Å². The number of anilines is 1. The van der Waals surface area contributed by atoms with Crippen molar-refractivity contribution in [1.82, 2.24) is 4.57 Å². The van der Waals surface area contributed by atoms with E-state index in [-0.39, 0.29) is 5.91 Å². The molecule has 0 atom stereocenters. The van der Waals surface area contributed by atoms with Crippen LogP contribution >= 0.6 is 27.5 Å². The number of benzene rings is 3. The summed E-state index contributed by atoms with van der Waals surface area (Å²) in [6, 6.07) is 21.9. The third-order valence-electron chi connectivity index (χ3n) is 5.15. The lowest BCUT2D eigenvalue weighted by atomic mass is 10.0. The zero-order chi connectivity index (χ0) is 20.0. The molecule has 1 aliphatic heterocycles. The maximum atomic E-state index is 12.6. The van der Waals surface area contributed by atoms with Crippen molar-refractivity contribution in [3.05, 3.63) is 99.1 Å². The molecule has 5 rings (SSSR count). The van der Waals surface area contributed by atoms with Gasteiger partial charge in [0.15, 0.2) is 0 Å². The quantitative estimate of drug-likeness (QED) is 0.341. The molecule has 0 bridgehead atoms. The molecule has 4 aromatic rings. The van der Waals surface area contributed by atoms with Crippen LogP contribution in [0.1, 0.15) is 16.7 Å². The molecule has 0 aliphatic carbocycles. The molecular weight excluding hydrogens is 448 g/mol. The fourth-order valence-corrected chi connectivity index (χ4v) is 4.25. The summed E-state index contributed by atoms with van der Waals surface area (Å²) < 4.78 is 3.21. The molecule has 0 fully saturated rings. The van der Waals surface area contributed by atoms with Crippen molar-refractivity contribution in [2.45, 2.75) is 6.54 Å². The van der Waals surface area contributed by atoms with E-state index in [1.807, 2.05) is 60.7 Å². The van der Waals surface area contributed by atoms with Gasteiger partial charge in [-0.15, -0.1) is 0 Å². The predicted octanol–water partition coefficient (Wildman–Crippen LogP) is 6.60. The van der Waals surface area contributed by atoms with E-state index in [1.165, 1.54) is 0 Å². The van der Waals surface area contributed by atoms with E-state index in [0.29, 0.717) is 5.57 Å². The van der Waals surface area contributed by atoms with Gasteiger partial charge in [-0.2, -0.15) is 0 Å². The van der Waals surface area contributed by atoms with Crippen molar-refractivity contribution in [3.8, 4) is 0 Å². The molecule has 3 aromatic carbocycles. The van der Waals surface area contributed by atoms with Crippen LogP contribution < -0.4 is 5.32 Å². The molecule has 5 heteroatoms. The molecule has 1 amide bonds. The Morgan fingerprint density at radius 3 is 2.66 bits per heavy atom. The highest BCUT2D eigenvalue weighted by Gasteiger charge is 2.24. The van der Waals surface area contributed by atoms with Crippen LogP contribution in [0.25, 0.3) is 22.6 Å². The SMILES string of the molecule is O=C1Nc2ccccc2/C1=C/c1cn(Cc2ccc(Cl)cc2)c2ccc(Br)cc12. The number of hydrogen-bond donors (Lipinski definition) is 1. The second-order valence-corrected chi connectivity index (χ2v) is 8.41.